The Balaban J connectivity index is 1.92. The summed E-state index contributed by atoms with van der Waals surface area (Å²) in [6.45, 7) is 0.945. The molecule has 0 unspecified atom stereocenters. The van der Waals surface area contributed by atoms with Gasteiger partial charge in [-0.05, 0) is 43.3 Å². The molecule has 7 heteroatoms. The number of carbonyl (C=O) groups is 3. The summed E-state index contributed by atoms with van der Waals surface area (Å²) in [4.78, 5) is 36.3. The number of Topliss-reactive ketones (excluding diaryl/α,β-unsaturated/α-hetero) is 1. The lowest BCUT2D eigenvalue weighted by molar-refractivity contribution is -0.118. The second-order valence-corrected chi connectivity index (χ2v) is 5.81. The topological polar surface area (TPSA) is 75.7 Å². The van der Waals surface area contributed by atoms with Crippen LogP contribution in [0.5, 0.6) is 5.75 Å². The van der Waals surface area contributed by atoms with Gasteiger partial charge in [-0.25, -0.2) is 4.39 Å². The Bertz CT molecular complexity index is 832. The Hall–Kier alpha value is -3.22. The third-order valence-corrected chi connectivity index (χ3v) is 3.51. The van der Waals surface area contributed by atoms with Gasteiger partial charge in [0.25, 0.3) is 11.8 Å². The van der Waals surface area contributed by atoms with Crippen molar-refractivity contribution in [3.63, 3.8) is 0 Å². The first-order chi connectivity index (χ1) is 12.3. The zero-order chi connectivity index (χ0) is 19.3. The van der Waals surface area contributed by atoms with Crippen LogP contribution < -0.4 is 10.1 Å². The van der Waals surface area contributed by atoms with E-state index < -0.39 is 11.7 Å². The van der Waals surface area contributed by atoms with Crippen molar-refractivity contribution < 1.29 is 23.5 Å². The van der Waals surface area contributed by atoms with Crippen molar-refractivity contribution in [1.29, 1.82) is 0 Å². The van der Waals surface area contributed by atoms with E-state index in [9.17, 15) is 18.8 Å². The van der Waals surface area contributed by atoms with E-state index in [4.69, 9.17) is 4.74 Å². The first-order valence-electron chi connectivity index (χ1n) is 7.83. The van der Waals surface area contributed by atoms with Crippen molar-refractivity contribution in [3.8, 4) is 5.75 Å². The number of halogens is 1. The summed E-state index contributed by atoms with van der Waals surface area (Å²) in [6.07, 6.45) is 0. The van der Waals surface area contributed by atoms with Crippen LogP contribution in [0.2, 0.25) is 0 Å². The molecule has 2 aromatic rings. The van der Waals surface area contributed by atoms with Crippen LogP contribution in [0.3, 0.4) is 0 Å². The van der Waals surface area contributed by atoms with Gasteiger partial charge in [0, 0.05) is 31.4 Å². The number of rotatable bonds is 6. The highest BCUT2D eigenvalue weighted by Crippen LogP contribution is 2.17. The zero-order valence-corrected chi connectivity index (χ0v) is 14.7. The van der Waals surface area contributed by atoms with Gasteiger partial charge in [0.05, 0.1) is 5.56 Å². The van der Waals surface area contributed by atoms with Crippen molar-refractivity contribution in [2.45, 2.75) is 6.92 Å². The molecular formula is C19H19FN2O4. The van der Waals surface area contributed by atoms with Crippen LogP contribution in [0.15, 0.2) is 42.5 Å². The molecule has 2 amide bonds. The molecule has 136 valence electrons. The van der Waals surface area contributed by atoms with Gasteiger partial charge in [0.15, 0.2) is 12.4 Å². The maximum absolute atomic E-state index is 13.7. The molecule has 26 heavy (non-hydrogen) atoms. The molecule has 0 bridgehead atoms. The fraction of sp³-hybridized carbons (Fsp3) is 0.211. The van der Waals surface area contributed by atoms with Crippen LogP contribution in [0.25, 0.3) is 0 Å². The molecule has 0 spiro atoms. The summed E-state index contributed by atoms with van der Waals surface area (Å²) in [5.74, 6) is -1.51. The molecular weight excluding hydrogens is 339 g/mol. The summed E-state index contributed by atoms with van der Waals surface area (Å²) in [5.41, 5.74) is 0.978. The number of hydrogen-bond donors (Lipinski definition) is 1. The van der Waals surface area contributed by atoms with Gasteiger partial charge in [-0.2, -0.15) is 0 Å². The van der Waals surface area contributed by atoms with Crippen molar-refractivity contribution in [3.05, 3.63) is 59.4 Å². The van der Waals surface area contributed by atoms with Gasteiger partial charge < -0.3 is 15.0 Å². The zero-order valence-electron chi connectivity index (χ0n) is 14.7. The van der Waals surface area contributed by atoms with Gasteiger partial charge in [0.2, 0.25) is 0 Å². The molecule has 1 N–H and O–H groups in total. The maximum atomic E-state index is 13.7. The quantitative estimate of drug-likeness (QED) is 0.806. The Morgan fingerprint density at radius 2 is 1.73 bits per heavy atom. The summed E-state index contributed by atoms with van der Waals surface area (Å²) in [5, 5.41) is 2.62. The molecule has 2 aromatic carbocycles. The van der Waals surface area contributed by atoms with Crippen molar-refractivity contribution in [1.82, 2.24) is 4.90 Å². The minimum atomic E-state index is -0.698. The van der Waals surface area contributed by atoms with Crippen molar-refractivity contribution in [2.75, 3.05) is 26.0 Å². The standard InChI is InChI=1S/C19H19FN2O4/c1-12(23)16-9-8-15(10-17(16)20)26-11-18(24)21-14-6-4-13(5-7-14)19(25)22(2)3/h4-10H,11H2,1-3H3,(H,21,24). The number of amides is 2. The van der Waals surface area contributed by atoms with Crippen LogP contribution >= 0.6 is 0 Å². The molecule has 0 saturated heterocycles. The normalized spacial score (nSPS) is 10.2. The minimum absolute atomic E-state index is 0.0332. The van der Waals surface area contributed by atoms with Gasteiger partial charge in [0.1, 0.15) is 11.6 Å². The molecule has 2 rings (SSSR count). The third-order valence-electron chi connectivity index (χ3n) is 3.51. The third kappa shape index (κ3) is 4.89. The minimum Gasteiger partial charge on any atom is -0.484 e. The fourth-order valence-corrected chi connectivity index (χ4v) is 2.17. The van der Waals surface area contributed by atoms with E-state index in [2.05, 4.69) is 5.32 Å². The second kappa shape index (κ2) is 8.24. The summed E-state index contributed by atoms with van der Waals surface area (Å²) in [6, 6.07) is 10.2. The molecule has 0 aliphatic carbocycles. The largest absolute Gasteiger partial charge is 0.484 e. The Labute approximate surface area is 150 Å². The summed E-state index contributed by atoms with van der Waals surface area (Å²) < 4.78 is 18.9. The Morgan fingerprint density at radius 3 is 2.27 bits per heavy atom. The van der Waals surface area contributed by atoms with Crippen LogP contribution in [0.1, 0.15) is 27.6 Å². The highest BCUT2D eigenvalue weighted by atomic mass is 19.1. The Kier molecular flexibility index (Phi) is 6.06. The number of nitrogens with one attached hydrogen (secondary N) is 1. The van der Waals surface area contributed by atoms with E-state index in [1.54, 1.807) is 38.4 Å². The number of hydrogen-bond acceptors (Lipinski definition) is 4. The lowest BCUT2D eigenvalue weighted by Gasteiger charge is -2.11. The molecule has 0 saturated carbocycles. The molecule has 0 radical (unpaired) electrons. The van der Waals surface area contributed by atoms with Crippen molar-refractivity contribution in [2.24, 2.45) is 0 Å². The molecule has 0 aliphatic rings. The number of carbonyl (C=O) groups excluding carboxylic acids is 3. The monoisotopic (exact) mass is 358 g/mol. The van der Waals surface area contributed by atoms with Gasteiger partial charge >= 0.3 is 0 Å². The molecule has 0 aliphatic heterocycles. The predicted molar refractivity (Wildman–Crippen MR) is 95.0 cm³/mol. The lowest BCUT2D eigenvalue weighted by atomic mass is 10.1. The van der Waals surface area contributed by atoms with E-state index in [0.29, 0.717) is 11.3 Å². The van der Waals surface area contributed by atoms with E-state index in [1.165, 1.54) is 24.0 Å². The lowest BCUT2D eigenvalue weighted by Crippen LogP contribution is -2.22. The van der Waals surface area contributed by atoms with Gasteiger partial charge in [-0.3, -0.25) is 14.4 Å². The maximum Gasteiger partial charge on any atom is 0.262 e. The van der Waals surface area contributed by atoms with E-state index in [1.807, 2.05) is 0 Å². The molecule has 6 nitrogen and oxygen atoms in total. The van der Waals surface area contributed by atoms with Crippen LogP contribution in [0.4, 0.5) is 10.1 Å². The number of benzene rings is 2. The van der Waals surface area contributed by atoms with E-state index in [-0.39, 0.29) is 29.6 Å². The second-order valence-electron chi connectivity index (χ2n) is 5.81. The number of nitrogens with zero attached hydrogens (tertiary/aromatic N) is 1. The van der Waals surface area contributed by atoms with Gasteiger partial charge in [-0.15, -0.1) is 0 Å². The van der Waals surface area contributed by atoms with Crippen LogP contribution in [0, 0.1) is 5.82 Å². The molecule has 0 aromatic heterocycles. The predicted octanol–water partition coefficient (Wildman–Crippen LogP) is 2.75. The Morgan fingerprint density at radius 1 is 1.08 bits per heavy atom. The average Bonchev–Trinajstić information content (AvgIpc) is 2.59. The number of ketones is 1. The first kappa shape index (κ1) is 19.1. The molecule has 0 atom stereocenters. The van der Waals surface area contributed by atoms with Crippen LogP contribution in [-0.2, 0) is 4.79 Å². The van der Waals surface area contributed by atoms with Crippen molar-refractivity contribution >= 4 is 23.3 Å². The smallest absolute Gasteiger partial charge is 0.262 e. The average molecular weight is 358 g/mol. The number of ether oxygens (including phenoxy) is 1. The molecule has 0 heterocycles. The highest BCUT2D eigenvalue weighted by Gasteiger charge is 2.11. The number of anilines is 1. The summed E-state index contributed by atoms with van der Waals surface area (Å²) >= 11 is 0. The van der Waals surface area contributed by atoms with Gasteiger partial charge in [-0.1, -0.05) is 0 Å². The van der Waals surface area contributed by atoms with Crippen LogP contribution in [-0.4, -0.2) is 43.2 Å². The fourth-order valence-electron chi connectivity index (χ4n) is 2.17. The summed E-state index contributed by atoms with van der Waals surface area (Å²) in [7, 11) is 3.31. The van der Waals surface area contributed by atoms with E-state index >= 15 is 0 Å². The highest BCUT2D eigenvalue weighted by molar-refractivity contribution is 5.96. The molecule has 0 fully saturated rings. The SMILES string of the molecule is CC(=O)c1ccc(OCC(=O)Nc2ccc(C(=O)N(C)C)cc2)cc1F. The van der Waals surface area contributed by atoms with E-state index in [0.717, 1.165) is 6.07 Å². The first-order valence-corrected chi connectivity index (χ1v) is 7.83.